The Morgan fingerprint density at radius 1 is 1.75 bits per heavy atom. The molecule has 1 atom stereocenters. The average molecular weight is 248 g/mol. The van der Waals surface area contributed by atoms with Gasteiger partial charge in [0.15, 0.2) is 0 Å². The van der Waals surface area contributed by atoms with E-state index in [4.69, 9.17) is 0 Å². The fourth-order valence-corrected chi connectivity index (χ4v) is 1.58. The first kappa shape index (κ1) is 14.9. The highest BCUT2D eigenvalue weighted by Gasteiger charge is 2.28. The van der Waals surface area contributed by atoms with Crippen LogP contribution in [-0.2, 0) is 9.59 Å². The van der Waals surface area contributed by atoms with E-state index in [9.17, 15) is 9.59 Å². The lowest BCUT2D eigenvalue weighted by Gasteiger charge is -2.32. The van der Waals surface area contributed by atoms with Gasteiger partial charge in [-0.3, -0.25) is 9.59 Å². The largest absolute Gasteiger partial charge is 0.359 e. The van der Waals surface area contributed by atoms with Crippen molar-refractivity contribution in [3.63, 3.8) is 0 Å². The van der Waals surface area contributed by atoms with Gasteiger partial charge in [-0.25, -0.2) is 0 Å². The SMILES string of the molecule is C=CCN1CCNC(CC(=O)NC)C1=O.Cl. The summed E-state index contributed by atoms with van der Waals surface area (Å²) in [6, 6.07) is -0.390. The molecule has 1 unspecified atom stereocenters. The first-order valence-electron chi connectivity index (χ1n) is 5.02. The van der Waals surface area contributed by atoms with Crippen LogP contribution >= 0.6 is 12.4 Å². The van der Waals surface area contributed by atoms with E-state index in [1.54, 1.807) is 18.0 Å². The second-order valence-corrected chi connectivity index (χ2v) is 3.46. The van der Waals surface area contributed by atoms with Crippen molar-refractivity contribution in [3.8, 4) is 0 Å². The zero-order chi connectivity index (χ0) is 11.3. The van der Waals surface area contributed by atoms with Gasteiger partial charge in [0, 0.05) is 26.7 Å². The molecule has 0 bridgehead atoms. The van der Waals surface area contributed by atoms with Crippen LogP contribution in [0, 0.1) is 0 Å². The Kier molecular flexibility index (Phi) is 6.76. The number of nitrogens with zero attached hydrogens (tertiary/aromatic N) is 1. The summed E-state index contributed by atoms with van der Waals surface area (Å²) in [7, 11) is 1.57. The van der Waals surface area contributed by atoms with Gasteiger partial charge in [-0.1, -0.05) is 6.08 Å². The molecule has 0 saturated carbocycles. The molecule has 0 aromatic heterocycles. The molecule has 1 aliphatic heterocycles. The second-order valence-electron chi connectivity index (χ2n) is 3.46. The third-order valence-electron chi connectivity index (χ3n) is 2.40. The zero-order valence-corrected chi connectivity index (χ0v) is 10.2. The van der Waals surface area contributed by atoms with Gasteiger partial charge in [-0.2, -0.15) is 0 Å². The molecule has 2 N–H and O–H groups in total. The van der Waals surface area contributed by atoms with Crippen LogP contribution in [-0.4, -0.2) is 49.4 Å². The molecule has 6 heteroatoms. The van der Waals surface area contributed by atoms with Crippen molar-refractivity contribution in [3.05, 3.63) is 12.7 Å². The number of hydrogen-bond donors (Lipinski definition) is 2. The normalized spacial score (nSPS) is 19.9. The molecular weight excluding hydrogens is 230 g/mol. The molecule has 0 spiro atoms. The quantitative estimate of drug-likeness (QED) is 0.661. The van der Waals surface area contributed by atoms with Crippen LogP contribution in [0.5, 0.6) is 0 Å². The van der Waals surface area contributed by atoms with Crippen LogP contribution < -0.4 is 10.6 Å². The maximum Gasteiger partial charge on any atom is 0.240 e. The number of piperazine rings is 1. The van der Waals surface area contributed by atoms with Crippen LogP contribution in [0.15, 0.2) is 12.7 Å². The van der Waals surface area contributed by atoms with E-state index >= 15 is 0 Å². The fraction of sp³-hybridized carbons (Fsp3) is 0.600. The standard InChI is InChI=1S/C10H17N3O2.ClH/c1-3-5-13-6-4-12-8(10(13)15)7-9(14)11-2;/h3,8,12H,1,4-7H2,2H3,(H,11,14);1H. The van der Waals surface area contributed by atoms with Gasteiger partial charge in [0.25, 0.3) is 0 Å². The third kappa shape index (κ3) is 3.83. The highest BCUT2D eigenvalue weighted by Crippen LogP contribution is 2.04. The summed E-state index contributed by atoms with van der Waals surface area (Å²) in [5.41, 5.74) is 0. The van der Waals surface area contributed by atoms with Gasteiger partial charge in [-0.15, -0.1) is 19.0 Å². The zero-order valence-electron chi connectivity index (χ0n) is 9.36. The van der Waals surface area contributed by atoms with E-state index in [1.165, 1.54) is 0 Å². The van der Waals surface area contributed by atoms with Crippen molar-refractivity contribution < 1.29 is 9.59 Å². The van der Waals surface area contributed by atoms with Gasteiger partial charge in [0.05, 0.1) is 12.5 Å². The van der Waals surface area contributed by atoms with Gasteiger partial charge in [0.1, 0.15) is 0 Å². The summed E-state index contributed by atoms with van der Waals surface area (Å²) < 4.78 is 0. The predicted octanol–water partition coefficient (Wildman–Crippen LogP) is -0.469. The van der Waals surface area contributed by atoms with Crippen molar-refractivity contribution in [2.45, 2.75) is 12.5 Å². The van der Waals surface area contributed by atoms with Crippen LogP contribution in [0.3, 0.4) is 0 Å². The second kappa shape index (κ2) is 7.24. The summed E-state index contributed by atoms with van der Waals surface area (Å²) in [5.74, 6) is -0.147. The molecule has 1 heterocycles. The van der Waals surface area contributed by atoms with Crippen molar-refractivity contribution in [1.29, 1.82) is 0 Å². The first-order chi connectivity index (χ1) is 7.19. The molecule has 1 fully saturated rings. The van der Waals surface area contributed by atoms with E-state index in [0.29, 0.717) is 13.1 Å². The number of carbonyl (C=O) groups is 2. The van der Waals surface area contributed by atoms with E-state index in [-0.39, 0.29) is 30.6 Å². The molecule has 92 valence electrons. The van der Waals surface area contributed by atoms with Crippen LogP contribution in [0.25, 0.3) is 0 Å². The molecule has 1 saturated heterocycles. The fourth-order valence-electron chi connectivity index (χ4n) is 1.58. The Bertz CT molecular complexity index is 271. The van der Waals surface area contributed by atoms with Crippen LogP contribution in [0.2, 0.25) is 0 Å². The molecule has 0 aliphatic carbocycles. The number of rotatable bonds is 4. The minimum atomic E-state index is -0.390. The number of hydrogen-bond acceptors (Lipinski definition) is 3. The lowest BCUT2D eigenvalue weighted by molar-refractivity contribution is -0.137. The topological polar surface area (TPSA) is 61.4 Å². The summed E-state index contributed by atoms with van der Waals surface area (Å²) in [6.45, 7) is 5.54. The van der Waals surface area contributed by atoms with Crippen LogP contribution in [0.1, 0.15) is 6.42 Å². The Balaban J connectivity index is 0.00000225. The van der Waals surface area contributed by atoms with Crippen molar-refractivity contribution in [2.75, 3.05) is 26.7 Å². The Hall–Kier alpha value is -1.07. The number of halogens is 1. The van der Waals surface area contributed by atoms with Crippen molar-refractivity contribution >= 4 is 24.2 Å². The number of nitrogens with one attached hydrogen (secondary N) is 2. The van der Waals surface area contributed by atoms with Gasteiger partial charge in [0.2, 0.25) is 11.8 Å². The van der Waals surface area contributed by atoms with Crippen molar-refractivity contribution in [1.82, 2.24) is 15.5 Å². The monoisotopic (exact) mass is 247 g/mol. The molecule has 16 heavy (non-hydrogen) atoms. The molecule has 5 nitrogen and oxygen atoms in total. The summed E-state index contributed by atoms with van der Waals surface area (Å²) >= 11 is 0. The minimum absolute atomic E-state index is 0. The minimum Gasteiger partial charge on any atom is -0.359 e. The molecule has 1 rings (SSSR count). The van der Waals surface area contributed by atoms with E-state index < -0.39 is 6.04 Å². The summed E-state index contributed by atoms with van der Waals surface area (Å²) in [5, 5.41) is 5.55. The van der Waals surface area contributed by atoms with E-state index in [2.05, 4.69) is 17.2 Å². The predicted molar refractivity (Wildman–Crippen MR) is 64.5 cm³/mol. The Morgan fingerprint density at radius 2 is 2.44 bits per heavy atom. The number of amides is 2. The van der Waals surface area contributed by atoms with Gasteiger partial charge >= 0.3 is 0 Å². The van der Waals surface area contributed by atoms with E-state index in [1.807, 2.05) is 0 Å². The lowest BCUT2D eigenvalue weighted by atomic mass is 10.1. The highest BCUT2D eigenvalue weighted by atomic mass is 35.5. The first-order valence-corrected chi connectivity index (χ1v) is 5.02. The third-order valence-corrected chi connectivity index (χ3v) is 2.40. The van der Waals surface area contributed by atoms with Crippen LogP contribution in [0.4, 0.5) is 0 Å². The summed E-state index contributed by atoms with van der Waals surface area (Å²) in [6.07, 6.45) is 1.89. The molecule has 0 aromatic rings. The molecule has 0 aromatic carbocycles. The average Bonchev–Trinajstić information content (AvgIpc) is 2.24. The molecule has 1 aliphatic rings. The number of carbonyl (C=O) groups excluding carboxylic acids is 2. The lowest BCUT2D eigenvalue weighted by Crippen LogP contribution is -2.56. The molecule has 0 radical (unpaired) electrons. The van der Waals surface area contributed by atoms with Crippen molar-refractivity contribution in [2.24, 2.45) is 0 Å². The summed E-state index contributed by atoms with van der Waals surface area (Å²) in [4.78, 5) is 24.7. The van der Waals surface area contributed by atoms with Gasteiger partial charge < -0.3 is 15.5 Å². The smallest absolute Gasteiger partial charge is 0.240 e. The maximum absolute atomic E-state index is 11.8. The van der Waals surface area contributed by atoms with E-state index in [0.717, 1.165) is 6.54 Å². The van der Waals surface area contributed by atoms with Gasteiger partial charge in [-0.05, 0) is 0 Å². The Labute approximate surface area is 102 Å². The highest BCUT2D eigenvalue weighted by molar-refractivity contribution is 5.88. The molecule has 2 amide bonds. The molecular formula is C10H18ClN3O2. The Morgan fingerprint density at radius 3 is 3.00 bits per heavy atom. The maximum atomic E-state index is 11.8.